The number of benzene rings is 2. The largest absolute Gasteiger partial charge is 0.478 e. The monoisotopic (exact) mass is 287 g/mol. The first-order chi connectivity index (χ1) is 10.1. The molecule has 0 radical (unpaired) electrons. The molecule has 0 saturated heterocycles. The maximum Gasteiger partial charge on any atom is 0.335 e. The summed E-state index contributed by atoms with van der Waals surface area (Å²) in [6, 6.07) is 12.3. The Morgan fingerprint density at radius 1 is 1.10 bits per heavy atom. The number of aromatic carboxylic acids is 1. The molecule has 0 aliphatic heterocycles. The first-order valence-corrected chi connectivity index (χ1v) is 6.43. The van der Waals surface area contributed by atoms with Gasteiger partial charge in [-0.05, 0) is 36.2 Å². The van der Waals surface area contributed by atoms with Crippen LogP contribution in [0.2, 0.25) is 0 Å². The van der Waals surface area contributed by atoms with E-state index < -0.39 is 5.97 Å². The molecule has 5 heteroatoms. The standard InChI is InChI=1S/C16H14FNO3/c17-14-7-2-1-4-11(14)8-9-15(19)18-13-6-3-5-12(10-13)16(20)21/h1-7,10H,8-9H2,(H,18,19)(H,20,21). The van der Waals surface area contributed by atoms with Gasteiger partial charge in [0.15, 0.2) is 0 Å². The first-order valence-electron chi connectivity index (χ1n) is 6.43. The highest BCUT2D eigenvalue weighted by molar-refractivity contribution is 5.93. The summed E-state index contributed by atoms with van der Waals surface area (Å²) in [6.45, 7) is 0. The Labute approximate surface area is 121 Å². The summed E-state index contributed by atoms with van der Waals surface area (Å²) < 4.78 is 13.4. The van der Waals surface area contributed by atoms with E-state index in [1.54, 1.807) is 30.3 Å². The van der Waals surface area contributed by atoms with Crippen LogP contribution < -0.4 is 5.32 Å². The van der Waals surface area contributed by atoms with E-state index in [1.165, 1.54) is 18.2 Å². The van der Waals surface area contributed by atoms with E-state index in [0.717, 1.165) is 0 Å². The minimum Gasteiger partial charge on any atom is -0.478 e. The lowest BCUT2D eigenvalue weighted by Gasteiger charge is -2.06. The number of hydrogen-bond donors (Lipinski definition) is 2. The quantitative estimate of drug-likeness (QED) is 0.888. The van der Waals surface area contributed by atoms with E-state index in [9.17, 15) is 14.0 Å². The van der Waals surface area contributed by atoms with Crippen LogP contribution in [0.1, 0.15) is 22.3 Å². The number of hydrogen-bond acceptors (Lipinski definition) is 2. The lowest BCUT2D eigenvalue weighted by atomic mass is 10.1. The van der Waals surface area contributed by atoms with Gasteiger partial charge in [-0.3, -0.25) is 4.79 Å². The highest BCUT2D eigenvalue weighted by atomic mass is 19.1. The molecule has 2 aromatic carbocycles. The predicted octanol–water partition coefficient (Wildman–Crippen LogP) is 3.10. The molecule has 0 aliphatic rings. The van der Waals surface area contributed by atoms with Gasteiger partial charge in [0.05, 0.1) is 5.56 Å². The van der Waals surface area contributed by atoms with Gasteiger partial charge in [0.2, 0.25) is 5.91 Å². The summed E-state index contributed by atoms with van der Waals surface area (Å²) in [7, 11) is 0. The number of aryl methyl sites for hydroxylation is 1. The van der Waals surface area contributed by atoms with Gasteiger partial charge in [0, 0.05) is 12.1 Å². The average Bonchev–Trinajstić information content (AvgIpc) is 2.46. The minimum atomic E-state index is -1.06. The SMILES string of the molecule is O=C(CCc1ccccc1F)Nc1cccc(C(=O)O)c1. The zero-order chi connectivity index (χ0) is 15.2. The molecular weight excluding hydrogens is 273 g/mol. The van der Waals surface area contributed by atoms with Crippen molar-refractivity contribution in [2.24, 2.45) is 0 Å². The molecule has 0 unspecified atom stereocenters. The highest BCUT2D eigenvalue weighted by Crippen LogP contribution is 2.13. The molecule has 2 N–H and O–H groups in total. The lowest BCUT2D eigenvalue weighted by molar-refractivity contribution is -0.116. The summed E-state index contributed by atoms with van der Waals surface area (Å²) in [5.41, 5.74) is 0.988. The van der Waals surface area contributed by atoms with Crippen molar-refractivity contribution >= 4 is 17.6 Å². The Morgan fingerprint density at radius 2 is 1.86 bits per heavy atom. The number of anilines is 1. The van der Waals surface area contributed by atoms with E-state index in [4.69, 9.17) is 5.11 Å². The summed E-state index contributed by atoms with van der Waals surface area (Å²) >= 11 is 0. The Bertz CT molecular complexity index is 670. The van der Waals surface area contributed by atoms with Gasteiger partial charge in [-0.2, -0.15) is 0 Å². The Morgan fingerprint density at radius 3 is 2.57 bits per heavy atom. The molecule has 0 saturated carbocycles. The third kappa shape index (κ3) is 4.14. The summed E-state index contributed by atoms with van der Waals surface area (Å²) in [4.78, 5) is 22.6. The number of carbonyl (C=O) groups excluding carboxylic acids is 1. The number of carboxylic acid groups (broad SMARTS) is 1. The molecule has 21 heavy (non-hydrogen) atoms. The molecule has 0 heterocycles. The minimum absolute atomic E-state index is 0.0990. The van der Waals surface area contributed by atoms with Crippen molar-refractivity contribution in [2.45, 2.75) is 12.8 Å². The van der Waals surface area contributed by atoms with Gasteiger partial charge in [-0.1, -0.05) is 24.3 Å². The fourth-order valence-electron chi connectivity index (χ4n) is 1.90. The van der Waals surface area contributed by atoms with Crippen LogP contribution in [-0.4, -0.2) is 17.0 Å². The number of amides is 1. The molecule has 108 valence electrons. The molecule has 0 aliphatic carbocycles. The van der Waals surface area contributed by atoms with Crippen molar-refractivity contribution in [2.75, 3.05) is 5.32 Å². The van der Waals surface area contributed by atoms with Gasteiger partial charge in [0.1, 0.15) is 5.82 Å². The molecule has 4 nitrogen and oxygen atoms in total. The van der Waals surface area contributed by atoms with E-state index in [0.29, 0.717) is 11.3 Å². The topological polar surface area (TPSA) is 66.4 Å². The molecule has 0 bridgehead atoms. The maximum atomic E-state index is 13.4. The fraction of sp³-hybridized carbons (Fsp3) is 0.125. The van der Waals surface area contributed by atoms with Crippen LogP contribution in [0.15, 0.2) is 48.5 Å². The van der Waals surface area contributed by atoms with Gasteiger partial charge in [-0.25, -0.2) is 9.18 Å². The first kappa shape index (κ1) is 14.7. The van der Waals surface area contributed by atoms with Gasteiger partial charge < -0.3 is 10.4 Å². The van der Waals surface area contributed by atoms with Crippen LogP contribution in [-0.2, 0) is 11.2 Å². The predicted molar refractivity (Wildman–Crippen MR) is 76.8 cm³/mol. The Hall–Kier alpha value is -2.69. The number of nitrogens with one attached hydrogen (secondary N) is 1. The second-order valence-electron chi connectivity index (χ2n) is 4.53. The zero-order valence-electron chi connectivity index (χ0n) is 11.2. The molecule has 0 spiro atoms. The normalized spacial score (nSPS) is 10.1. The molecule has 2 rings (SSSR count). The smallest absolute Gasteiger partial charge is 0.335 e. The number of carboxylic acids is 1. The van der Waals surface area contributed by atoms with Crippen molar-refractivity contribution in [3.63, 3.8) is 0 Å². The second kappa shape index (κ2) is 6.65. The van der Waals surface area contributed by atoms with E-state index in [1.807, 2.05) is 0 Å². The summed E-state index contributed by atoms with van der Waals surface area (Å²) in [6.07, 6.45) is 0.412. The van der Waals surface area contributed by atoms with E-state index >= 15 is 0 Å². The van der Waals surface area contributed by atoms with Crippen LogP contribution in [0, 0.1) is 5.82 Å². The maximum absolute atomic E-state index is 13.4. The number of carbonyl (C=O) groups is 2. The van der Waals surface area contributed by atoms with Gasteiger partial charge in [-0.15, -0.1) is 0 Å². The molecule has 0 aromatic heterocycles. The van der Waals surface area contributed by atoms with Crippen LogP contribution in [0.5, 0.6) is 0 Å². The number of halogens is 1. The fourth-order valence-corrected chi connectivity index (χ4v) is 1.90. The Kier molecular flexibility index (Phi) is 4.66. The molecule has 0 fully saturated rings. The molecular formula is C16H14FNO3. The van der Waals surface area contributed by atoms with Crippen LogP contribution in [0.4, 0.5) is 10.1 Å². The van der Waals surface area contributed by atoms with Gasteiger partial charge in [0.25, 0.3) is 0 Å². The van der Waals surface area contributed by atoms with E-state index in [2.05, 4.69) is 5.32 Å². The molecule has 0 atom stereocenters. The zero-order valence-corrected chi connectivity index (χ0v) is 11.2. The van der Waals surface area contributed by atoms with Crippen molar-refractivity contribution < 1.29 is 19.1 Å². The van der Waals surface area contributed by atoms with Crippen LogP contribution in [0.3, 0.4) is 0 Å². The van der Waals surface area contributed by atoms with Crippen LogP contribution >= 0.6 is 0 Å². The van der Waals surface area contributed by atoms with E-state index in [-0.39, 0.29) is 30.1 Å². The van der Waals surface area contributed by atoms with Crippen molar-refractivity contribution in [3.8, 4) is 0 Å². The Balaban J connectivity index is 1.95. The van der Waals surface area contributed by atoms with Gasteiger partial charge >= 0.3 is 5.97 Å². The number of rotatable bonds is 5. The average molecular weight is 287 g/mol. The third-order valence-electron chi connectivity index (χ3n) is 2.97. The molecule has 1 amide bonds. The van der Waals surface area contributed by atoms with Crippen LogP contribution in [0.25, 0.3) is 0 Å². The van der Waals surface area contributed by atoms with Crippen molar-refractivity contribution in [1.29, 1.82) is 0 Å². The molecule has 2 aromatic rings. The summed E-state index contributed by atoms with van der Waals surface area (Å²) in [5, 5.41) is 11.5. The third-order valence-corrected chi connectivity index (χ3v) is 2.97. The second-order valence-corrected chi connectivity index (χ2v) is 4.53. The highest BCUT2D eigenvalue weighted by Gasteiger charge is 2.08. The lowest BCUT2D eigenvalue weighted by Crippen LogP contribution is -2.13. The van der Waals surface area contributed by atoms with Crippen molar-refractivity contribution in [3.05, 3.63) is 65.5 Å². The summed E-state index contributed by atoms with van der Waals surface area (Å²) in [5.74, 6) is -1.68. The van der Waals surface area contributed by atoms with Crippen molar-refractivity contribution in [1.82, 2.24) is 0 Å².